The second-order valence-electron chi connectivity index (χ2n) is 8.39. The number of aliphatic imine (C=N–C) groups is 1. The number of likely N-dealkylation sites (tertiary alicyclic amines) is 1. The lowest BCUT2D eigenvalue weighted by Gasteiger charge is -2.22. The van der Waals surface area contributed by atoms with Crippen molar-refractivity contribution in [1.29, 1.82) is 0 Å². The molecule has 1 unspecified atom stereocenters. The van der Waals surface area contributed by atoms with Crippen molar-refractivity contribution in [2.24, 2.45) is 10.9 Å². The van der Waals surface area contributed by atoms with Gasteiger partial charge in [-0.1, -0.05) is 37.7 Å². The zero-order valence-corrected chi connectivity index (χ0v) is 23.0. The number of benzene rings is 1. The summed E-state index contributed by atoms with van der Waals surface area (Å²) in [7, 11) is 3.57. The van der Waals surface area contributed by atoms with Gasteiger partial charge in [0.05, 0.1) is 7.11 Å². The molecule has 2 aromatic rings. The highest BCUT2D eigenvalue weighted by atomic mass is 127. The van der Waals surface area contributed by atoms with Crippen LogP contribution in [0.4, 0.5) is 0 Å². The molecule has 3 rings (SSSR count). The van der Waals surface area contributed by atoms with E-state index in [0.717, 1.165) is 68.1 Å². The molecule has 0 radical (unpaired) electrons. The van der Waals surface area contributed by atoms with Gasteiger partial charge in [0.2, 0.25) is 0 Å². The number of aryl methyl sites for hydroxylation is 1. The third-order valence-electron chi connectivity index (χ3n) is 5.67. The van der Waals surface area contributed by atoms with Gasteiger partial charge in [-0.15, -0.1) is 34.2 Å². The third-order valence-corrected chi connectivity index (χ3v) is 6.34. The molecule has 1 aromatic heterocycles. The van der Waals surface area contributed by atoms with E-state index in [1.54, 1.807) is 18.9 Å². The van der Waals surface area contributed by atoms with Gasteiger partial charge in [-0.05, 0) is 42.7 Å². The van der Waals surface area contributed by atoms with E-state index in [2.05, 4.69) is 62.2 Å². The van der Waals surface area contributed by atoms with Crippen LogP contribution in [0.15, 0.2) is 34.4 Å². The molecule has 0 aliphatic carbocycles. The summed E-state index contributed by atoms with van der Waals surface area (Å²) in [6.07, 6.45) is 5.12. The number of thioether (sulfide) groups is 1. The van der Waals surface area contributed by atoms with Gasteiger partial charge in [0.25, 0.3) is 0 Å². The summed E-state index contributed by atoms with van der Waals surface area (Å²) in [5.41, 5.74) is 1.37. The van der Waals surface area contributed by atoms with Gasteiger partial charge in [-0.3, -0.25) is 4.99 Å². The Morgan fingerprint density at radius 3 is 2.66 bits per heavy atom. The van der Waals surface area contributed by atoms with E-state index in [-0.39, 0.29) is 24.0 Å². The largest absolute Gasteiger partial charge is 0.497 e. The minimum absolute atomic E-state index is 0. The van der Waals surface area contributed by atoms with Crippen molar-refractivity contribution in [2.75, 3.05) is 40.0 Å². The Labute approximate surface area is 213 Å². The Kier molecular flexibility index (Phi) is 11.1. The molecule has 2 heterocycles. The fourth-order valence-corrected chi connectivity index (χ4v) is 4.61. The molecule has 0 amide bonds. The number of rotatable bonds is 9. The Hall–Kier alpha value is -1.49. The van der Waals surface area contributed by atoms with Crippen LogP contribution in [-0.4, -0.2) is 65.7 Å². The molecule has 1 N–H and O–H groups in total. The van der Waals surface area contributed by atoms with Crippen molar-refractivity contribution >= 4 is 41.7 Å². The second-order valence-corrected chi connectivity index (χ2v) is 9.16. The zero-order chi connectivity index (χ0) is 22.2. The first kappa shape index (κ1) is 26.8. The molecule has 1 fully saturated rings. The molecule has 1 atom stereocenters. The van der Waals surface area contributed by atoms with Gasteiger partial charge in [0.1, 0.15) is 11.6 Å². The van der Waals surface area contributed by atoms with Crippen molar-refractivity contribution in [3.8, 4) is 5.75 Å². The fraction of sp³-hybridized carbons (Fsp3) is 0.609. The van der Waals surface area contributed by atoms with E-state index >= 15 is 0 Å². The zero-order valence-electron chi connectivity index (χ0n) is 19.9. The van der Waals surface area contributed by atoms with Crippen LogP contribution in [0, 0.1) is 5.92 Å². The third kappa shape index (κ3) is 7.00. The summed E-state index contributed by atoms with van der Waals surface area (Å²) in [6, 6.07) is 8.45. The molecule has 1 aromatic carbocycles. The van der Waals surface area contributed by atoms with Crippen LogP contribution in [0.2, 0.25) is 0 Å². The molecule has 1 saturated heterocycles. The Morgan fingerprint density at radius 2 is 2.03 bits per heavy atom. The molecule has 1 aliphatic heterocycles. The molecule has 32 heavy (non-hydrogen) atoms. The molecule has 0 bridgehead atoms. The summed E-state index contributed by atoms with van der Waals surface area (Å²) in [5, 5.41) is 13.3. The van der Waals surface area contributed by atoms with E-state index in [1.165, 1.54) is 5.56 Å². The smallest absolute Gasteiger partial charge is 0.193 e. The van der Waals surface area contributed by atoms with E-state index in [9.17, 15) is 0 Å². The SMILES string of the molecule is CN=C(NCCCc1nnc(SC)n1CC(C)C)N1CCC(c2ccc(OC)cc2)C1.I. The number of ether oxygens (including phenoxy) is 1. The molecule has 178 valence electrons. The normalized spacial score (nSPS) is 16.4. The van der Waals surface area contributed by atoms with Gasteiger partial charge < -0.3 is 19.5 Å². The van der Waals surface area contributed by atoms with E-state index in [1.807, 2.05) is 19.2 Å². The first-order valence-electron chi connectivity index (χ1n) is 11.1. The minimum atomic E-state index is 0. The van der Waals surface area contributed by atoms with Gasteiger partial charge in [0, 0.05) is 45.6 Å². The first-order valence-corrected chi connectivity index (χ1v) is 12.3. The molecule has 1 aliphatic rings. The minimum Gasteiger partial charge on any atom is -0.497 e. The number of guanidine groups is 1. The molecule has 0 saturated carbocycles. The Morgan fingerprint density at radius 1 is 1.28 bits per heavy atom. The van der Waals surface area contributed by atoms with Crippen LogP contribution in [0.25, 0.3) is 0 Å². The topological polar surface area (TPSA) is 67.6 Å². The number of methoxy groups -OCH3 is 1. The van der Waals surface area contributed by atoms with Crippen LogP contribution >= 0.6 is 35.7 Å². The molecule has 7 nitrogen and oxygen atoms in total. The van der Waals surface area contributed by atoms with Crippen molar-refractivity contribution in [2.45, 2.75) is 50.7 Å². The van der Waals surface area contributed by atoms with Gasteiger partial charge in [0.15, 0.2) is 11.1 Å². The molecular weight excluding hydrogens is 535 g/mol. The standard InChI is InChI=1S/C23H36N6OS.HI/c1-17(2)15-29-21(26-27-23(29)31-5)7-6-13-25-22(24-3)28-14-12-19(16-28)18-8-10-20(30-4)11-9-18;/h8-11,17,19H,6-7,12-16H2,1-5H3,(H,24,25);1H. The monoisotopic (exact) mass is 572 g/mol. The van der Waals surface area contributed by atoms with E-state index < -0.39 is 0 Å². The van der Waals surface area contributed by atoms with Crippen molar-refractivity contribution in [1.82, 2.24) is 25.0 Å². The van der Waals surface area contributed by atoms with Crippen LogP contribution in [0.5, 0.6) is 5.75 Å². The molecule has 9 heteroatoms. The number of nitrogens with one attached hydrogen (secondary N) is 1. The predicted molar refractivity (Wildman–Crippen MR) is 144 cm³/mol. The molecule has 0 spiro atoms. The lowest BCUT2D eigenvalue weighted by atomic mass is 9.98. The first-order chi connectivity index (χ1) is 15.0. The average Bonchev–Trinajstić information content (AvgIpc) is 3.41. The lowest BCUT2D eigenvalue weighted by molar-refractivity contribution is 0.414. The van der Waals surface area contributed by atoms with E-state index in [0.29, 0.717) is 11.8 Å². The van der Waals surface area contributed by atoms with Crippen LogP contribution in [0.3, 0.4) is 0 Å². The number of hydrogen-bond donors (Lipinski definition) is 1. The number of aromatic nitrogens is 3. The fourth-order valence-electron chi connectivity index (χ4n) is 4.08. The quantitative estimate of drug-likeness (QED) is 0.159. The maximum Gasteiger partial charge on any atom is 0.193 e. The summed E-state index contributed by atoms with van der Waals surface area (Å²) in [6.45, 7) is 8.32. The van der Waals surface area contributed by atoms with Gasteiger partial charge >= 0.3 is 0 Å². The number of nitrogens with zero attached hydrogens (tertiary/aromatic N) is 5. The summed E-state index contributed by atoms with van der Waals surface area (Å²) >= 11 is 1.66. The summed E-state index contributed by atoms with van der Waals surface area (Å²) < 4.78 is 7.55. The second kappa shape index (κ2) is 13.3. The maximum absolute atomic E-state index is 5.28. The predicted octanol–water partition coefficient (Wildman–Crippen LogP) is 4.28. The van der Waals surface area contributed by atoms with Crippen molar-refractivity contribution < 1.29 is 4.74 Å². The van der Waals surface area contributed by atoms with Crippen LogP contribution < -0.4 is 10.1 Å². The number of hydrogen-bond acceptors (Lipinski definition) is 5. The highest BCUT2D eigenvalue weighted by Gasteiger charge is 2.26. The number of halogens is 1. The Balaban J connectivity index is 0.00000363. The van der Waals surface area contributed by atoms with Gasteiger partial charge in [-0.25, -0.2) is 0 Å². The highest BCUT2D eigenvalue weighted by Crippen LogP contribution is 2.28. The summed E-state index contributed by atoms with van der Waals surface area (Å²) in [4.78, 5) is 6.88. The highest BCUT2D eigenvalue weighted by molar-refractivity contribution is 14.0. The summed E-state index contributed by atoms with van der Waals surface area (Å²) in [5.74, 6) is 4.08. The van der Waals surface area contributed by atoms with Crippen molar-refractivity contribution in [3.63, 3.8) is 0 Å². The average molecular weight is 573 g/mol. The van der Waals surface area contributed by atoms with Crippen LogP contribution in [0.1, 0.15) is 44.0 Å². The van der Waals surface area contributed by atoms with Crippen molar-refractivity contribution in [3.05, 3.63) is 35.7 Å². The Bertz CT molecular complexity index is 855. The van der Waals surface area contributed by atoms with Gasteiger partial charge in [-0.2, -0.15) is 0 Å². The maximum atomic E-state index is 5.28. The molecular formula is C23H37IN6OS. The van der Waals surface area contributed by atoms with Crippen LogP contribution in [-0.2, 0) is 13.0 Å². The van der Waals surface area contributed by atoms with E-state index in [4.69, 9.17) is 4.74 Å². The lowest BCUT2D eigenvalue weighted by Crippen LogP contribution is -2.40.